The number of carbonyl (C=O) groups is 2. The molecule has 2 fully saturated rings. The number of likely N-dealkylation sites (tertiary alicyclic amines) is 2. The number of hydrogen-bond acceptors (Lipinski definition) is 12. The Labute approximate surface area is 274 Å². The molecule has 0 aliphatic carbocycles. The number of esters is 2. The van der Waals surface area contributed by atoms with Crippen molar-refractivity contribution in [3.8, 4) is 0 Å². The number of methoxy groups -OCH3 is 2. The van der Waals surface area contributed by atoms with E-state index in [-0.39, 0.29) is 18.8 Å². The van der Waals surface area contributed by atoms with Crippen LogP contribution in [0.4, 0.5) is 5.82 Å². The third kappa shape index (κ3) is 13.2. The van der Waals surface area contributed by atoms with E-state index in [0.717, 1.165) is 44.9 Å². The lowest BCUT2D eigenvalue weighted by atomic mass is 9.97. The van der Waals surface area contributed by atoms with Crippen LogP contribution >= 0.6 is 47.8 Å². The third-order valence-corrected chi connectivity index (χ3v) is 8.11. The van der Waals surface area contributed by atoms with Crippen molar-refractivity contribution in [2.45, 2.75) is 33.1 Å². The first-order valence-corrected chi connectivity index (χ1v) is 15.6. The summed E-state index contributed by atoms with van der Waals surface area (Å²) in [6.45, 7) is 6.39. The molecule has 2 aromatic rings. The van der Waals surface area contributed by atoms with Crippen LogP contribution in [0.25, 0.3) is 0 Å². The highest BCUT2D eigenvalue weighted by molar-refractivity contribution is 9.11. The van der Waals surface area contributed by atoms with Gasteiger partial charge in [-0.15, -0.1) is 0 Å². The first kappa shape index (κ1) is 38.2. The molecule has 2 aromatic heterocycles. The molecule has 2 aliphatic rings. The highest BCUT2D eigenvalue weighted by Crippen LogP contribution is 2.19. The van der Waals surface area contributed by atoms with Gasteiger partial charge >= 0.3 is 11.9 Å². The summed E-state index contributed by atoms with van der Waals surface area (Å²) in [7, 11) is 6.94. The maximum atomic E-state index is 11.7. The number of carbonyl (C=O) groups excluding carboxylic acids is 2. The molecule has 2 saturated heterocycles. The molecule has 3 N–H and O–H groups in total. The summed E-state index contributed by atoms with van der Waals surface area (Å²) in [6.07, 6.45) is 7.96. The first-order valence-electron chi connectivity index (χ1n) is 13.3. The van der Waals surface area contributed by atoms with E-state index in [0.29, 0.717) is 25.5 Å². The number of nitrogens with two attached hydrogens (primary N) is 1. The van der Waals surface area contributed by atoms with E-state index in [2.05, 4.69) is 102 Å². The smallest absolute Gasteiger partial charge is 0.360 e. The van der Waals surface area contributed by atoms with Crippen molar-refractivity contribution in [3.63, 3.8) is 0 Å². The third-order valence-electron chi connectivity index (χ3n) is 6.77. The van der Waals surface area contributed by atoms with Crippen LogP contribution in [-0.4, -0.2) is 109 Å². The monoisotopic (exact) mass is 780 g/mol. The normalized spacial score (nSPS) is 16.1. The maximum absolute atomic E-state index is 11.7. The highest BCUT2D eigenvalue weighted by atomic mass is 79.9. The van der Waals surface area contributed by atoms with Crippen LogP contribution < -0.4 is 11.1 Å². The molecule has 0 radical (unpaired) electrons. The molecule has 0 unspecified atom stereocenters. The Bertz CT molecular complexity index is 1110. The van der Waals surface area contributed by atoms with E-state index in [1.165, 1.54) is 46.3 Å². The van der Waals surface area contributed by atoms with Crippen LogP contribution in [0.2, 0.25) is 0 Å². The molecule has 0 atom stereocenters. The Balaban J connectivity index is 0.000000342. The number of hydrogen-bond donors (Lipinski definition) is 2. The minimum absolute atomic E-state index is 0. The van der Waals surface area contributed by atoms with E-state index in [9.17, 15) is 9.59 Å². The van der Waals surface area contributed by atoms with Gasteiger partial charge in [0.1, 0.15) is 13.8 Å². The van der Waals surface area contributed by atoms with E-state index >= 15 is 0 Å². The zero-order chi connectivity index (χ0) is 30.4. The predicted molar refractivity (Wildman–Crippen MR) is 175 cm³/mol. The molecule has 2 aliphatic heterocycles. The topological polar surface area (TPSA) is 149 Å². The lowest BCUT2D eigenvalue weighted by Gasteiger charge is -2.29. The van der Waals surface area contributed by atoms with Crippen molar-refractivity contribution in [3.05, 3.63) is 37.6 Å². The zero-order valence-electron chi connectivity index (χ0n) is 23.9. The summed E-state index contributed by atoms with van der Waals surface area (Å²) in [6, 6.07) is 0. The van der Waals surface area contributed by atoms with Crippen LogP contribution in [0.5, 0.6) is 0 Å². The van der Waals surface area contributed by atoms with Gasteiger partial charge in [-0.25, -0.2) is 29.5 Å². The number of aromatic nitrogens is 4. The molecule has 0 spiro atoms. The van der Waals surface area contributed by atoms with E-state index < -0.39 is 11.9 Å². The van der Waals surface area contributed by atoms with Gasteiger partial charge in [-0.05, 0) is 132 Å². The van der Waals surface area contributed by atoms with Crippen molar-refractivity contribution in [2.24, 2.45) is 17.6 Å². The minimum atomic E-state index is -0.518. The fraction of sp³-hybridized carbons (Fsp3) is 0.630. The van der Waals surface area contributed by atoms with E-state index in [4.69, 9.17) is 10.5 Å². The van der Waals surface area contributed by atoms with Gasteiger partial charge in [0.2, 0.25) is 0 Å². The Morgan fingerprint density at radius 2 is 1.31 bits per heavy atom. The van der Waals surface area contributed by atoms with Crippen LogP contribution in [0.15, 0.2) is 26.2 Å². The van der Waals surface area contributed by atoms with Crippen molar-refractivity contribution in [1.29, 1.82) is 0 Å². The standard InChI is InChI=1S/C13H19BrN4O2.C7H16N2.C6H4Br2N2O2.CH4/c1-18-5-3-9(4-6-18)7-15-12-11(13(19)20-2)17-10(14)8-16-12;1-9-4-2-7(6-8)3-5-9;1-12-6(11)4-5(8)9-2-3(7)10-4;/h8-9H,3-7H2,1-2H3,(H,15,16);7H,2-6,8H2,1H3;2H,1H3;1H4. The van der Waals surface area contributed by atoms with Crippen LogP contribution in [-0.2, 0) is 9.47 Å². The largest absolute Gasteiger partial charge is 0.464 e. The van der Waals surface area contributed by atoms with Crippen LogP contribution in [0.3, 0.4) is 0 Å². The molecular formula is C27H43Br3N8O4. The molecule has 15 heteroatoms. The number of nitrogens with one attached hydrogen (secondary N) is 1. The summed E-state index contributed by atoms with van der Waals surface area (Å²) < 4.78 is 10.6. The van der Waals surface area contributed by atoms with Gasteiger partial charge in [-0.1, -0.05) is 7.43 Å². The fourth-order valence-electron chi connectivity index (χ4n) is 4.12. The predicted octanol–water partition coefficient (Wildman–Crippen LogP) is 4.49. The number of ether oxygens (including phenoxy) is 2. The Morgan fingerprint density at radius 3 is 1.81 bits per heavy atom. The number of halogens is 3. The quantitative estimate of drug-likeness (QED) is 0.398. The van der Waals surface area contributed by atoms with Gasteiger partial charge < -0.3 is 30.3 Å². The molecule has 0 bridgehead atoms. The molecular weight excluding hydrogens is 740 g/mol. The summed E-state index contributed by atoms with van der Waals surface area (Å²) in [5.41, 5.74) is 5.91. The Kier molecular flexibility index (Phi) is 18.4. The van der Waals surface area contributed by atoms with Crippen molar-refractivity contribution in [2.75, 3.05) is 72.9 Å². The van der Waals surface area contributed by atoms with Gasteiger partial charge in [0.15, 0.2) is 17.2 Å². The molecule has 4 heterocycles. The van der Waals surface area contributed by atoms with Crippen LogP contribution in [0.1, 0.15) is 54.1 Å². The second kappa shape index (κ2) is 20.2. The molecule has 12 nitrogen and oxygen atoms in total. The Morgan fingerprint density at radius 1 is 0.857 bits per heavy atom. The van der Waals surface area contributed by atoms with Gasteiger partial charge in [0.25, 0.3) is 0 Å². The van der Waals surface area contributed by atoms with Crippen LogP contribution in [0, 0.1) is 11.8 Å². The second-order valence-corrected chi connectivity index (χ2v) is 12.2. The van der Waals surface area contributed by atoms with Gasteiger partial charge in [-0.2, -0.15) is 0 Å². The van der Waals surface area contributed by atoms with Gasteiger partial charge in [0, 0.05) is 6.54 Å². The SMILES string of the molecule is C.CN1CCC(CN)CC1.COC(=O)c1nc(Br)cnc1Br.COC(=O)c1nc(Br)cnc1NCC1CCN(C)CC1. The van der Waals surface area contributed by atoms with Gasteiger partial charge in [-0.3, -0.25) is 0 Å². The van der Waals surface area contributed by atoms with Gasteiger partial charge in [0.05, 0.1) is 26.6 Å². The number of anilines is 1. The van der Waals surface area contributed by atoms with E-state index in [1.54, 1.807) is 6.20 Å². The molecule has 236 valence electrons. The molecule has 0 saturated carbocycles. The average molecular weight is 783 g/mol. The summed E-state index contributed by atoms with van der Waals surface area (Å²) in [5.74, 6) is 0.891. The molecule has 0 amide bonds. The summed E-state index contributed by atoms with van der Waals surface area (Å²) in [4.78, 5) is 43.5. The number of rotatable bonds is 6. The fourth-order valence-corrected chi connectivity index (χ4v) is 5.03. The van der Waals surface area contributed by atoms with Crippen molar-refractivity contribution < 1.29 is 19.1 Å². The number of nitrogens with zero attached hydrogens (tertiary/aromatic N) is 6. The zero-order valence-corrected chi connectivity index (χ0v) is 28.7. The van der Waals surface area contributed by atoms with Crippen molar-refractivity contribution in [1.82, 2.24) is 29.7 Å². The van der Waals surface area contributed by atoms with E-state index in [1.807, 2.05) is 0 Å². The molecule has 4 rings (SSSR count). The average Bonchev–Trinajstić information content (AvgIpc) is 2.98. The maximum Gasteiger partial charge on any atom is 0.360 e. The lowest BCUT2D eigenvalue weighted by Crippen LogP contribution is -2.33. The minimum Gasteiger partial charge on any atom is -0.464 e. The first-order chi connectivity index (χ1) is 19.6. The lowest BCUT2D eigenvalue weighted by molar-refractivity contribution is 0.0584. The molecule has 0 aromatic carbocycles. The summed E-state index contributed by atoms with van der Waals surface area (Å²) >= 11 is 9.38. The Hall–Kier alpha value is -1.78. The summed E-state index contributed by atoms with van der Waals surface area (Å²) in [5, 5.41) is 3.23. The number of piperidine rings is 2. The van der Waals surface area contributed by atoms with Crippen molar-refractivity contribution >= 4 is 65.5 Å². The molecule has 42 heavy (non-hydrogen) atoms. The second-order valence-electron chi connectivity index (χ2n) is 9.82. The highest BCUT2D eigenvalue weighted by Gasteiger charge is 2.20.